The van der Waals surface area contributed by atoms with Crippen LogP contribution >= 0.6 is 0 Å². The lowest BCUT2D eigenvalue weighted by molar-refractivity contribution is -0.130. The Bertz CT molecular complexity index is 761. The summed E-state index contributed by atoms with van der Waals surface area (Å²) in [5.74, 6) is -0.0914. The molecule has 0 unspecified atom stereocenters. The van der Waals surface area contributed by atoms with Crippen molar-refractivity contribution in [2.45, 2.75) is 31.9 Å². The van der Waals surface area contributed by atoms with Crippen LogP contribution in [-0.2, 0) is 22.6 Å². The number of carbonyl (C=O) groups excluding carboxylic acids is 2. The number of ether oxygens (including phenoxy) is 1. The van der Waals surface area contributed by atoms with Crippen LogP contribution in [-0.4, -0.2) is 49.1 Å². The van der Waals surface area contributed by atoms with Crippen LogP contribution in [0.3, 0.4) is 0 Å². The highest BCUT2D eigenvalue weighted by atomic mass is 16.5. The van der Waals surface area contributed by atoms with Gasteiger partial charge < -0.3 is 20.3 Å². The second kappa shape index (κ2) is 11.2. The molecule has 6 nitrogen and oxygen atoms in total. The predicted octanol–water partition coefficient (Wildman–Crippen LogP) is 2.74. The third-order valence-electron chi connectivity index (χ3n) is 5.07. The van der Waals surface area contributed by atoms with E-state index in [1.807, 2.05) is 53.4 Å². The smallest absolute Gasteiger partial charge is 0.407 e. The summed E-state index contributed by atoms with van der Waals surface area (Å²) in [6.07, 6.45) is 2.42. The van der Waals surface area contributed by atoms with Crippen molar-refractivity contribution in [2.75, 3.05) is 26.2 Å². The summed E-state index contributed by atoms with van der Waals surface area (Å²) >= 11 is 0. The SMILES string of the molecule is O=C(NCC(=O)N(CCc1ccccc1)C[C@@H]1CCCN1)OCc1ccccc1. The van der Waals surface area contributed by atoms with Gasteiger partial charge in [-0.15, -0.1) is 0 Å². The standard InChI is InChI=1S/C23H29N3O3/c27-22(16-25-23(28)29-18-20-10-5-2-6-11-20)26(17-21-12-7-14-24-21)15-13-19-8-3-1-4-9-19/h1-6,8-11,21,24H,7,12-18H2,(H,25,28)/t21-/m0/s1. The molecule has 2 aromatic carbocycles. The first-order valence-corrected chi connectivity index (χ1v) is 10.2. The van der Waals surface area contributed by atoms with Gasteiger partial charge in [-0.25, -0.2) is 4.79 Å². The minimum Gasteiger partial charge on any atom is -0.445 e. The lowest BCUT2D eigenvalue weighted by Crippen LogP contribution is -2.46. The Kier molecular flexibility index (Phi) is 8.07. The van der Waals surface area contributed by atoms with Crippen LogP contribution in [0.1, 0.15) is 24.0 Å². The van der Waals surface area contributed by atoms with E-state index in [4.69, 9.17) is 4.74 Å². The Morgan fingerprint density at radius 3 is 2.38 bits per heavy atom. The first kappa shape index (κ1) is 20.9. The van der Waals surface area contributed by atoms with Crippen molar-refractivity contribution < 1.29 is 14.3 Å². The quantitative estimate of drug-likeness (QED) is 0.685. The average Bonchev–Trinajstić information content (AvgIpc) is 3.28. The summed E-state index contributed by atoms with van der Waals surface area (Å²) in [5, 5.41) is 6.02. The lowest BCUT2D eigenvalue weighted by atomic mass is 10.1. The Hall–Kier alpha value is -2.86. The molecular formula is C23H29N3O3. The number of benzene rings is 2. The molecule has 1 heterocycles. The molecule has 29 heavy (non-hydrogen) atoms. The number of nitrogens with zero attached hydrogens (tertiary/aromatic N) is 1. The first-order chi connectivity index (χ1) is 14.2. The zero-order valence-electron chi connectivity index (χ0n) is 16.7. The highest BCUT2D eigenvalue weighted by Gasteiger charge is 2.21. The van der Waals surface area contributed by atoms with Crippen LogP contribution in [0.25, 0.3) is 0 Å². The summed E-state index contributed by atoms with van der Waals surface area (Å²) in [6, 6.07) is 19.9. The Morgan fingerprint density at radius 2 is 1.72 bits per heavy atom. The van der Waals surface area contributed by atoms with E-state index in [1.54, 1.807) is 0 Å². The van der Waals surface area contributed by atoms with Crippen molar-refractivity contribution in [3.05, 3.63) is 71.8 Å². The summed E-state index contributed by atoms with van der Waals surface area (Å²) in [7, 11) is 0. The summed E-state index contributed by atoms with van der Waals surface area (Å²) < 4.78 is 5.19. The number of hydrogen-bond acceptors (Lipinski definition) is 4. The highest BCUT2D eigenvalue weighted by Crippen LogP contribution is 2.09. The van der Waals surface area contributed by atoms with Gasteiger partial charge in [-0.3, -0.25) is 4.79 Å². The van der Waals surface area contributed by atoms with Crippen LogP contribution in [0.4, 0.5) is 4.79 Å². The minimum atomic E-state index is -0.579. The molecule has 0 aromatic heterocycles. The van der Waals surface area contributed by atoms with Gasteiger partial charge in [0, 0.05) is 19.1 Å². The van der Waals surface area contributed by atoms with E-state index < -0.39 is 6.09 Å². The number of amides is 2. The molecule has 2 aromatic rings. The molecule has 0 saturated carbocycles. The fourth-order valence-electron chi connectivity index (χ4n) is 3.44. The van der Waals surface area contributed by atoms with Gasteiger partial charge in [-0.2, -0.15) is 0 Å². The third-order valence-corrected chi connectivity index (χ3v) is 5.07. The van der Waals surface area contributed by atoms with Gasteiger partial charge in [-0.05, 0) is 36.9 Å². The molecule has 0 radical (unpaired) electrons. The van der Waals surface area contributed by atoms with Crippen LogP contribution in [0.2, 0.25) is 0 Å². The number of alkyl carbamates (subject to hydrolysis) is 1. The second-order valence-electron chi connectivity index (χ2n) is 7.28. The minimum absolute atomic E-state index is 0.0604. The van der Waals surface area contributed by atoms with E-state index >= 15 is 0 Å². The van der Waals surface area contributed by atoms with Crippen LogP contribution in [0.5, 0.6) is 0 Å². The zero-order valence-corrected chi connectivity index (χ0v) is 16.7. The Labute approximate surface area is 172 Å². The molecule has 154 valence electrons. The van der Waals surface area contributed by atoms with E-state index in [2.05, 4.69) is 22.8 Å². The van der Waals surface area contributed by atoms with Crippen molar-refractivity contribution in [1.29, 1.82) is 0 Å². The van der Waals surface area contributed by atoms with E-state index in [0.29, 0.717) is 19.1 Å². The fraction of sp³-hybridized carbons (Fsp3) is 0.391. The van der Waals surface area contributed by atoms with Gasteiger partial charge in [0.1, 0.15) is 13.2 Å². The van der Waals surface area contributed by atoms with Crippen molar-refractivity contribution in [3.8, 4) is 0 Å². The third kappa shape index (κ3) is 7.23. The van der Waals surface area contributed by atoms with Crippen molar-refractivity contribution in [1.82, 2.24) is 15.5 Å². The molecule has 3 rings (SSSR count). The summed E-state index contributed by atoms with van der Waals surface area (Å²) in [5.41, 5.74) is 2.10. The fourth-order valence-corrected chi connectivity index (χ4v) is 3.44. The van der Waals surface area contributed by atoms with Gasteiger partial charge >= 0.3 is 6.09 Å². The van der Waals surface area contributed by atoms with Crippen LogP contribution in [0, 0.1) is 0 Å². The molecule has 6 heteroatoms. The largest absolute Gasteiger partial charge is 0.445 e. The van der Waals surface area contributed by atoms with Gasteiger partial charge in [0.05, 0.1) is 0 Å². The molecule has 0 aliphatic carbocycles. The normalized spacial score (nSPS) is 15.7. The van der Waals surface area contributed by atoms with Gasteiger partial charge in [0.15, 0.2) is 0 Å². The van der Waals surface area contributed by atoms with E-state index in [-0.39, 0.29) is 19.1 Å². The lowest BCUT2D eigenvalue weighted by Gasteiger charge is -2.26. The van der Waals surface area contributed by atoms with Crippen molar-refractivity contribution >= 4 is 12.0 Å². The number of nitrogens with one attached hydrogen (secondary N) is 2. The molecule has 2 N–H and O–H groups in total. The van der Waals surface area contributed by atoms with Crippen molar-refractivity contribution in [3.63, 3.8) is 0 Å². The second-order valence-corrected chi connectivity index (χ2v) is 7.28. The molecule has 1 atom stereocenters. The topological polar surface area (TPSA) is 70.7 Å². The van der Waals surface area contributed by atoms with Gasteiger partial charge in [-0.1, -0.05) is 60.7 Å². The monoisotopic (exact) mass is 395 g/mol. The number of carbonyl (C=O) groups is 2. The van der Waals surface area contributed by atoms with E-state index in [1.165, 1.54) is 5.56 Å². The first-order valence-electron chi connectivity index (χ1n) is 10.2. The highest BCUT2D eigenvalue weighted by molar-refractivity contribution is 5.82. The van der Waals surface area contributed by atoms with Gasteiger partial charge in [0.25, 0.3) is 0 Å². The molecule has 0 bridgehead atoms. The van der Waals surface area contributed by atoms with Crippen LogP contribution in [0.15, 0.2) is 60.7 Å². The number of hydrogen-bond donors (Lipinski definition) is 2. The molecule has 1 fully saturated rings. The summed E-state index contributed by atoms with van der Waals surface area (Å²) in [4.78, 5) is 26.6. The molecule has 0 spiro atoms. The predicted molar refractivity (Wildman–Crippen MR) is 112 cm³/mol. The molecular weight excluding hydrogens is 366 g/mol. The van der Waals surface area contributed by atoms with E-state index in [0.717, 1.165) is 31.4 Å². The molecule has 1 aliphatic heterocycles. The van der Waals surface area contributed by atoms with Crippen LogP contribution < -0.4 is 10.6 Å². The molecule has 2 amide bonds. The van der Waals surface area contributed by atoms with Crippen molar-refractivity contribution in [2.24, 2.45) is 0 Å². The summed E-state index contributed by atoms with van der Waals surface area (Å²) in [6.45, 7) is 2.41. The number of rotatable bonds is 9. The maximum atomic E-state index is 12.8. The van der Waals surface area contributed by atoms with E-state index in [9.17, 15) is 9.59 Å². The maximum Gasteiger partial charge on any atom is 0.407 e. The maximum absolute atomic E-state index is 12.8. The zero-order chi connectivity index (χ0) is 20.3. The average molecular weight is 396 g/mol. The molecule has 1 saturated heterocycles. The molecule has 1 aliphatic rings. The Balaban J connectivity index is 1.47. The van der Waals surface area contributed by atoms with Gasteiger partial charge in [0.2, 0.25) is 5.91 Å². The Morgan fingerprint density at radius 1 is 1.03 bits per heavy atom.